The molecule has 7 heteroatoms. The molecule has 1 saturated carbocycles. The van der Waals surface area contributed by atoms with Gasteiger partial charge in [-0.25, -0.2) is 15.0 Å². The lowest BCUT2D eigenvalue weighted by Crippen LogP contribution is -2.21. The fourth-order valence-electron chi connectivity index (χ4n) is 5.40. The molecule has 2 aliphatic carbocycles. The Morgan fingerprint density at radius 3 is 2.66 bits per heavy atom. The van der Waals surface area contributed by atoms with E-state index in [9.17, 15) is 9.90 Å². The van der Waals surface area contributed by atoms with Crippen molar-refractivity contribution in [1.82, 2.24) is 19.4 Å². The van der Waals surface area contributed by atoms with E-state index in [-0.39, 0.29) is 11.8 Å². The summed E-state index contributed by atoms with van der Waals surface area (Å²) >= 11 is 0. The molecule has 1 fully saturated rings. The third-order valence-electron chi connectivity index (χ3n) is 7.31. The maximum atomic E-state index is 11.4. The monoisotopic (exact) mass is 465 g/mol. The van der Waals surface area contributed by atoms with E-state index < -0.39 is 5.97 Å². The van der Waals surface area contributed by atoms with Gasteiger partial charge in [-0.1, -0.05) is 36.4 Å². The molecule has 1 aromatic carbocycles. The van der Waals surface area contributed by atoms with Crippen molar-refractivity contribution in [1.29, 1.82) is 0 Å². The highest BCUT2D eigenvalue weighted by molar-refractivity contribution is 5.91. The first kappa shape index (κ1) is 21.5. The summed E-state index contributed by atoms with van der Waals surface area (Å²) in [6.07, 6.45) is 15.2. The average molecular weight is 466 g/mol. The van der Waals surface area contributed by atoms with Crippen molar-refractivity contribution >= 4 is 33.8 Å². The Balaban J connectivity index is 1.43. The number of nitrogen functional groups attached to an aromatic ring is 1. The van der Waals surface area contributed by atoms with E-state index in [0.29, 0.717) is 18.7 Å². The van der Waals surface area contributed by atoms with Crippen LogP contribution in [0.2, 0.25) is 0 Å². The lowest BCUT2D eigenvalue weighted by atomic mass is 9.81. The molecule has 3 N–H and O–H groups in total. The van der Waals surface area contributed by atoms with E-state index in [1.807, 2.05) is 10.6 Å². The minimum atomic E-state index is -0.701. The minimum Gasteiger partial charge on any atom is -0.481 e. The summed E-state index contributed by atoms with van der Waals surface area (Å²) in [5.74, 6) is 0.572. The van der Waals surface area contributed by atoms with Gasteiger partial charge in [-0.3, -0.25) is 9.20 Å². The Labute approximate surface area is 203 Å². The summed E-state index contributed by atoms with van der Waals surface area (Å²) in [7, 11) is 0. The fraction of sp³-hybridized carbons (Fsp3) is 0.286. The number of carbonyl (C=O) groups is 1. The van der Waals surface area contributed by atoms with Crippen LogP contribution in [0.1, 0.15) is 56.0 Å². The number of hydrogen-bond donors (Lipinski definition) is 2. The summed E-state index contributed by atoms with van der Waals surface area (Å²) in [5, 5.41) is 10.5. The summed E-state index contributed by atoms with van der Waals surface area (Å²) in [5.41, 5.74) is 11.9. The maximum Gasteiger partial charge on any atom is 0.306 e. The van der Waals surface area contributed by atoms with E-state index in [4.69, 9.17) is 15.7 Å². The van der Waals surface area contributed by atoms with Gasteiger partial charge in [0, 0.05) is 29.3 Å². The van der Waals surface area contributed by atoms with Gasteiger partial charge in [0.1, 0.15) is 22.9 Å². The number of nitrogens with zero attached hydrogens (tertiary/aromatic N) is 4. The molecule has 0 atom stereocenters. The predicted octanol–water partition coefficient (Wildman–Crippen LogP) is 5.62. The molecule has 0 aliphatic heterocycles. The Bertz CT molecular complexity index is 1510. The Morgan fingerprint density at radius 1 is 1.06 bits per heavy atom. The highest BCUT2D eigenvalue weighted by Crippen LogP contribution is 2.39. The zero-order chi connectivity index (χ0) is 23.9. The van der Waals surface area contributed by atoms with Crippen LogP contribution in [0, 0.1) is 5.92 Å². The second-order valence-electron chi connectivity index (χ2n) is 9.48. The van der Waals surface area contributed by atoms with E-state index in [1.54, 1.807) is 6.20 Å². The lowest BCUT2D eigenvalue weighted by molar-refractivity contribution is -0.142. The van der Waals surface area contributed by atoms with Gasteiger partial charge in [-0.2, -0.15) is 0 Å². The summed E-state index contributed by atoms with van der Waals surface area (Å²) in [4.78, 5) is 25.8. The second-order valence-corrected chi connectivity index (χ2v) is 9.48. The van der Waals surface area contributed by atoms with Crippen molar-refractivity contribution in [2.45, 2.75) is 44.4 Å². The number of benzene rings is 1. The quantitative estimate of drug-likeness (QED) is 0.405. The van der Waals surface area contributed by atoms with E-state index in [1.165, 1.54) is 0 Å². The molecule has 0 spiro atoms. The number of carboxylic acid groups (broad SMARTS) is 1. The molecule has 7 nitrogen and oxygen atoms in total. The van der Waals surface area contributed by atoms with Crippen molar-refractivity contribution in [2.75, 3.05) is 5.73 Å². The molecule has 35 heavy (non-hydrogen) atoms. The third kappa shape index (κ3) is 3.87. The summed E-state index contributed by atoms with van der Waals surface area (Å²) in [6.45, 7) is 0. The smallest absolute Gasteiger partial charge is 0.306 e. The second kappa shape index (κ2) is 8.65. The molecule has 4 aromatic rings. The first-order chi connectivity index (χ1) is 17.1. The van der Waals surface area contributed by atoms with Crippen LogP contribution in [0.4, 0.5) is 5.82 Å². The molecule has 6 rings (SSSR count). The zero-order valence-corrected chi connectivity index (χ0v) is 19.4. The average Bonchev–Trinajstić information content (AvgIpc) is 3.30. The number of hydrogen-bond acceptors (Lipinski definition) is 5. The van der Waals surface area contributed by atoms with Crippen molar-refractivity contribution in [3.8, 4) is 11.3 Å². The number of allylic oxidation sites excluding steroid dienone is 4. The van der Waals surface area contributed by atoms with Crippen LogP contribution in [0.3, 0.4) is 0 Å². The molecule has 0 bridgehead atoms. The summed E-state index contributed by atoms with van der Waals surface area (Å²) < 4.78 is 2.04. The predicted molar refractivity (Wildman–Crippen MR) is 137 cm³/mol. The maximum absolute atomic E-state index is 11.4. The van der Waals surface area contributed by atoms with E-state index >= 15 is 0 Å². The topological polar surface area (TPSA) is 106 Å². The van der Waals surface area contributed by atoms with Gasteiger partial charge in [0.15, 0.2) is 0 Å². The van der Waals surface area contributed by atoms with Gasteiger partial charge in [-0.05, 0) is 56.2 Å². The normalized spacial score (nSPS) is 20.3. The standard InChI is InChI=1S/C28H27N5O2/c29-26-25-24(32-27(33(25)15-14-30-26)19-7-9-20(10-8-19)28(34)35)21-11-6-18-12-13-22(31-23(18)16-21)17-4-2-1-3-5-17/h2,4-6,11-16,19-20H,1,3,7-10H2,(H2,29,30)(H,34,35)/t19-,20-. The van der Waals surface area contributed by atoms with Crippen molar-refractivity contribution in [3.05, 3.63) is 72.5 Å². The number of nitrogens with two attached hydrogens (primary N) is 1. The van der Waals surface area contributed by atoms with Crippen LogP contribution in [0.15, 0.2) is 61.0 Å². The molecule has 0 amide bonds. The van der Waals surface area contributed by atoms with Crippen molar-refractivity contribution in [3.63, 3.8) is 0 Å². The van der Waals surface area contributed by atoms with Crippen LogP contribution in [0.25, 0.3) is 33.3 Å². The van der Waals surface area contributed by atoms with Gasteiger partial charge in [0.2, 0.25) is 0 Å². The number of aliphatic carboxylic acids is 1. The van der Waals surface area contributed by atoms with Gasteiger partial charge in [0.05, 0.1) is 17.1 Å². The summed E-state index contributed by atoms with van der Waals surface area (Å²) in [6, 6.07) is 10.4. The molecule has 176 valence electrons. The molecule has 2 aliphatic rings. The van der Waals surface area contributed by atoms with E-state index in [2.05, 4.69) is 53.5 Å². The third-order valence-corrected chi connectivity index (χ3v) is 7.31. The van der Waals surface area contributed by atoms with Crippen molar-refractivity contribution in [2.24, 2.45) is 5.92 Å². The van der Waals surface area contributed by atoms with Crippen molar-refractivity contribution < 1.29 is 9.90 Å². The van der Waals surface area contributed by atoms with Crippen LogP contribution in [-0.4, -0.2) is 30.4 Å². The van der Waals surface area contributed by atoms with Gasteiger partial charge in [0.25, 0.3) is 0 Å². The number of fused-ring (bicyclic) bond motifs is 2. The highest BCUT2D eigenvalue weighted by Gasteiger charge is 2.30. The number of aromatic nitrogens is 4. The minimum absolute atomic E-state index is 0.184. The fourth-order valence-corrected chi connectivity index (χ4v) is 5.40. The molecule has 3 aromatic heterocycles. The number of pyridine rings is 1. The first-order valence-electron chi connectivity index (χ1n) is 12.2. The molecule has 0 radical (unpaired) electrons. The van der Waals surface area contributed by atoms with Gasteiger partial charge < -0.3 is 10.8 Å². The first-order valence-corrected chi connectivity index (χ1v) is 12.2. The number of carboxylic acids is 1. The van der Waals surface area contributed by atoms with Gasteiger partial charge >= 0.3 is 5.97 Å². The zero-order valence-electron chi connectivity index (χ0n) is 19.4. The molecule has 0 unspecified atom stereocenters. The Morgan fingerprint density at radius 2 is 1.89 bits per heavy atom. The number of rotatable bonds is 4. The van der Waals surface area contributed by atoms with Gasteiger partial charge in [-0.15, -0.1) is 0 Å². The lowest BCUT2D eigenvalue weighted by Gasteiger charge is -2.25. The highest BCUT2D eigenvalue weighted by atomic mass is 16.4. The molecule has 3 heterocycles. The number of imidazole rings is 1. The van der Waals surface area contributed by atoms with Crippen LogP contribution in [-0.2, 0) is 4.79 Å². The van der Waals surface area contributed by atoms with Crippen LogP contribution in [0.5, 0.6) is 0 Å². The Kier molecular flexibility index (Phi) is 5.32. The van der Waals surface area contributed by atoms with Crippen LogP contribution < -0.4 is 5.73 Å². The largest absolute Gasteiger partial charge is 0.481 e. The molecule has 0 saturated heterocycles. The molecular formula is C28H27N5O2. The van der Waals surface area contributed by atoms with E-state index in [0.717, 1.165) is 70.5 Å². The number of anilines is 1. The Hall–Kier alpha value is -4.00. The van der Waals surface area contributed by atoms with Crippen LogP contribution >= 0.6 is 0 Å². The molecular weight excluding hydrogens is 438 g/mol. The SMILES string of the molecule is Nc1nccn2c1c(-c1ccc3ccc(C4=CCCC=C4)nc3c1)nc2[C@H]1CC[C@H](C(=O)O)CC1.